The third-order valence-corrected chi connectivity index (χ3v) is 2.73. The van der Waals surface area contributed by atoms with E-state index >= 15 is 0 Å². The maximum atomic E-state index is 9.49. The van der Waals surface area contributed by atoms with Gasteiger partial charge in [0.25, 0.3) is 0 Å². The van der Waals surface area contributed by atoms with Crippen molar-refractivity contribution in [2.45, 2.75) is 27.2 Å². The van der Waals surface area contributed by atoms with Crippen LogP contribution in [0.15, 0.2) is 34.5 Å². The number of benzene rings is 1. The summed E-state index contributed by atoms with van der Waals surface area (Å²) in [5.74, 6) is 2.64. The number of allylic oxidation sites excluding steroid dienone is 1. The molecule has 1 heterocycles. The minimum atomic E-state index is 0.154. The molecule has 0 aromatic heterocycles. The minimum Gasteiger partial charge on any atom is -0.508 e. The fraction of sp³-hybridized carbons (Fsp3) is 0.357. The van der Waals surface area contributed by atoms with Gasteiger partial charge in [0.2, 0.25) is 5.90 Å². The van der Waals surface area contributed by atoms with Gasteiger partial charge >= 0.3 is 0 Å². The van der Waals surface area contributed by atoms with Gasteiger partial charge in [-0.25, -0.2) is 0 Å². The average molecular weight is 247 g/mol. The lowest BCUT2D eigenvalue weighted by Gasteiger charge is -2.08. The Morgan fingerprint density at radius 3 is 2.61 bits per heavy atom. The van der Waals surface area contributed by atoms with Crippen LogP contribution in [-0.4, -0.2) is 17.5 Å². The summed E-state index contributed by atoms with van der Waals surface area (Å²) in [5.41, 5.74) is 0.898. The maximum absolute atomic E-state index is 9.49. The highest BCUT2D eigenvalue weighted by Crippen LogP contribution is 2.36. The molecule has 0 spiro atoms. The Morgan fingerprint density at radius 2 is 1.94 bits per heavy atom. The molecule has 0 aliphatic carbocycles. The summed E-state index contributed by atoms with van der Waals surface area (Å²) >= 11 is 0. The molecule has 1 aliphatic heterocycles. The number of hydrogen-bond acceptors (Lipinski definition) is 4. The summed E-state index contributed by atoms with van der Waals surface area (Å²) in [6.07, 6.45) is 0.743. The van der Waals surface area contributed by atoms with Crippen molar-refractivity contribution in [1.82, 2.24) is 0 Å². The van der Waals surface area contributed by atoms with Crippen molar-refractivity contribution in [2.24, 2.45) is 4.99 Å². The predicted molar refractivity (Wildman–Crippen MR) is 70.3 cm³/mol. The first-order valence-corrected chi connectivity index (χ1v) is 6.09. The van der Waals surface area contributed by atoms with Gasteiger partial charge < -0.3 is 14.6 Å². The van der Waals surface area contributed by atoms with E-state index in [0.29, 0.717) is 23.9 Å². The average Bonchev–Trinajstić information content (AvgIpc) is 2.48. The Hall–Kier alpha value is -1.97. The van der Waals surface area contributed by atoms with Crippen LogP contribution in [0.25, 0.3) is 0 Å². The Morgan fingerprint density at radius 1 is 1.17 bits per heavy atom. The highest BCUT2D eigenvalue weighted by atomic mass is 16.5. The summed E-state index contributed by atoms with van der Waals surface area (Å²) in [6, 6.07) is 4.80. The Kier molecular flexibility index (Phi) is 3.55. The molecule has 1 aliphatic rings. The summed E-state index contributed by atoms with van der Waals surface area (Å²) < 4.78 is 11.5. The van der Waals surface area contributed by atoms with Crippen molar-refractivity contribution in [3.05, 3.63) is 29.5 Å². The molecule has 1 aromatic rings. The number of fused-ring (bicyclic) bond motifs is 1. The van der Waals surface area contributed by atoms with Gasteiger partial charge in [0.15, 0.2) is 11.5 Å². The minimum absolute atomic E-state index is 0.154. The normalized spacial score (nSPS) is 16.9. The molecule has 18 heavy (non-hydrogen) atoms. The van der Waals surface area contributed by atoms with E-state index in [9.17, 15) is 5.11 Å². The highest BCUT2D eigenvalue weighted by molar-refractivity contribution is 5.96. The Labute approximate surface area is 107 Å². The molecule has 0 fully saturated rings. The van der Waals surface area contributed by atoms with Crippen molar-refractivity contribution >= 4 is 5.90 Å². The molecule has 1 aromatic carbocycles. The molecule has 0 radical (unpaired) electrons. The number of rotatable bonds is 2. The molecule has 4 nitrogen and oxygen atoms in total. The van der Waals surface area contributed by atoms with Crippen LogP contribution >= 0.6 is 0 Å². The third-order valence-electron chi connectivity index (χ3n) is 2.73. The van der Waals surface area contributed by atoms with Crippen LogP contribution < -0.4 is 9.47 Å². The first-order chi connectivity index (χ1) is 8.65. The second-order valence-electron chi connectivity index (χ2n) is 4.02. The molecule has 0 unspecified atom stereocenters. The number of ether oxygens (including phenoxy) is 2. The van der Waals surface area contributed by atoms with Crippen LogP contribution in [0.2, 0.25) is 0 Å². The number of hydrogen-bond donors (Lipinski definition) is 1. The van der Waals surface area contributed by atoms with E-state index in [0.717, 1.165) is 17.8 Å². The van der Waals surface area contributed by atoms with E-state index in [1.165, 1.54) is 0 Å². The van der Waals surface area contributed by atoms with E-state index in [1.54, 1.807) is 18.2 Å². The SMILES string of the molecule is CCN=C1Oc2ccc(O)cc2OC(CC)=C1C. The van der Waals surface area contributed by atoms with Crippen LogP contribution in [0.3, 0.4) is 0 Å². The first-order valence-electron chi connectivity index (χ1n) is 6.09. The van der Waals surface area contributed by atoms with Gasteiger partial charge in [-0.1, -0.05) is 6.92 Å². The van der Waals surface area contributed by atoms with Crippen molar-refractivity contribution < 1.29 is 14.6 Å². The van der Waals surface area contributed by atoms with Crippen molar-refractivity contribution in [3.8, 4) is 17.2 Å². The fourth-order valence-electron chi connectivity index (χ4n) is 1.80. The lowest BCUT2D eigenvalue weighted by Crippen LogP contribution is -2.11. The number of nitrogens with zero attached hydrogens (tertiary/aromatic N) is 1. The monoisotopic (exact) mass is 247 g/mol. The molecule has 0 atom stereocenters. The van der Waals surface area contributed by atoms with E-state index in [2.05, 4.69) is 4.99 Å². The van der Waals surface area contributed by atoms with Crippen LogP contribution in [0.4, 0.5) is 0 Å². The van der Waals surface area contributed by atoms with Gasteiger partial charge in [-0.3, -0.25) is 4.99 Å². The largest absolute Gasteiger partial charge is 0.508 e. The molecule has 4 heteroatoms. The lowest BCUT2D eigenvalue weighted by atomic mass is 10.2. The molecule has 0 bridgehead atoms. The van der Waals surface area contributed by atoms with Gasteiger partial charge in [0.1, 0.15) is 11.5 Å². The van der Waals surface area contributed by atoms with Gasteiger partial charge in [-0.2, -0.15) is 0 Å². The van der Waals surface area contributed by atoms with Gasteiger partial charge in [-0.05, 0) is 26.0 Å². The Balaban J connectivity index is 2.51. The number of phenolic OH excluding ortho intramolecular Hbond substituents is 1. The molecular weight excluding hydrogens is 230 g/mol. The smallest absolute Gasteiger partial charge is 0.221 e. The topological polar surface area (TPSA) is 51.0 Å². The van der Waals surface area contributed by atoms with E-state index < -0.39 is 0 Å². The number of aromatic hydroxyl groups is 1. The zero-order valence-electron chi connectivity index (χ0n) is 10.9. The maximum Gasteiger partial charge on any atom is 0.221 e. The second-order valence-corrected chi connectivity index (χ2v) is 4.02. The van der Waals surface area contributed by atoms with E-state index in [-0.39, 0.29) is 5.75 Å². The molecule has 96 valence electrons. The van der Waals surface area contributed by atoms with Crippen LogP contribution in [0, 0.1) is 0 Å². The van der Waals surface area contributed by atoms with Crippen LogP contribution in [0.5, 0.6) is 17.2 Å². The van der Waals surface area contributed by atoms with Gasteiger partial charge in [0.05, 0.1) is 0 Å². The second kappa shape index (κ2) is 5.12. The molecule has 0 amide bonds. The number of aliphatic imine (C=N–C) groups is 1. The molecule has 2 rings (SSSR count). The molecule has 0 saturated carbocycles. The van der Waals surface area contributed by atoms with Crippen LogP contribution in [-0.2, 0) is 0 Å². The first kappa shape index (κ1) is 12.5. The quantitative estimate of drug-likeness (QED) is 0.872. The summed E-state index contributed by atoms with van der Waals surface area (Å²) in [7, 11) is 0. The summed E-state index contributed by atoms with van der Waals surface area (Å²) in [5, 5.41) is 9.49. The van der Waals surface area contributed by atoms with Crippen LogP contribution in [0.1, 0.15) is 27.2 Å². The number of phenols is 1. The van der Waals surface area contributed by atoms with Gasteiger partial charge in [-0.15, -0.1) is 0 Å². The zero-order valence-corrected chi connectivity index (χ0v) is 10.9. The molecule has 1 N–H and O–H groups in total. The summed E-state index contributed by atoms with van der Waals surface area (Å²) in [6.45, 7) is 6.55. The zero-order chi connectivity index (χ0) is 13.1. The highest BCUT2D eigenvalue weighted by Gasteiger charge is 2.20. The van der Waals surface area contributed by atoms with Crippen molar-refractivity contribution in [2.75, 3.05) is 6.54 Å². The van der Waals surface area contributed by atoms with E-state index in [1.807, 2.05) is 20.8 Å². The predicted octanol–water partition coefficient (Wildman–Crippen LogP) is 3.27. The Bertz CT molecular complexity index is 518. The lowest BCUT2D eigenvalue weighted by molar-refractivity contribution is 0.392. The van der Waals surface area contributed by atoms with Crippen molar-refractivity contribution in [3.63, 3.8) is 0 Å². The van der Waals surface area contributed by atoms with E-state index in [4.69, 9.17) is 9.47 Å². The molecular formula is C14H17NO3. The van der Waals surface area contributed by atoms with Crippen molar-refractivity contribution in [1.29, 1.82) is 0 Å². The summed E-state index contributed by atoms with van der Waals surface area (Å²) in [4.78, 5) is 4.34. The standard InChI is InChI=1S/C14H17NO3/c1-4-11-9(3)14(15-5-2)18-12-7-6-10(16)8-13(12)17-11/h6-8,16H,4-5H2,1-3H3. The van der Waals surface area contributed by atoms with Gasteiger partial charge in [0, 0.05) is 24.6 Å². The fourth-order valence-corrected chi connectivity index (χ4v) is 1.80. The molecule has 0 saturated heterocycles. The third kappa shape index (κ3) is 2.32.